The fourth-order valence-electron chi connectivity index (χ4n) is 1.72. The molecule has 0 fully saturated rings. The normalized spacial score (nSPS) is 14.6. The molecule has 1 aromatic rings. The van der Waals surface area contributed by atoms with Crippen molar-refractivity contribution < 1.29 is 9.53 Å². The Bertz CT molecular complexity index is 626. The van der Waals surface area contributed by atoms with E-state index in [0.29, 0.717) is 30.0 Å². The number of ether oxygens (including phenoxy) is 1. The van der Waals surface area contributed by atoms with Crippen LogP contribution in [0.4, 0.5) is 0 Å². The molecule has 0 spiro atoms. The van der Waals surface area contributed by atoms with Crippen LogP contribution in [0.1, 0.15) is 18.5 Å². The van der Waals surface area contributed by atoms with Crippen molar-refractivity contribution in [2.75, 3.05) is 0 Å². The van der Waals surface area contributed by atoms with Crippen LogP contribution in [-0.2, 0) is 4.79 Å². The van der Waals surface area contributed by atoms with Gasteiger partial charge in [-0.1, -0.05) is 0 Å². The van der Waals surface area contributed by atoms with Gasteiger partial charge in [0.2, 0.25) is 0 Å². The van der Waals surface area contributed by atoms with Gasteiger partial charge in [0.15, 0.2) is 0 Å². The first kappa shape index (κ1) is 12.6. The first-order valence-electron chi connectivity index (χ1n) is 5.63. The zero-order valence-electron chi connectivity index (χ0n) is 10.1. The van der Waals surface area contributed by atoms with Gasteiger partial charge in [0, 0.05) is 24.4 Å². The van der Waals surface area contributed by atoms with Crippen LogP contribution < -0.4 is 16.2 Å². The average molecular weight is 256 g/mol. The lowest BCUT2D eigenvalue weighted by Gasteiger charge is -2.16. The zero-order chi connectivity index (χ0) is 13.8. The van der Waals surface area contributed by atoms with Gasteiger partial charge in [-0.05, 0) is 18.6 Å². The van der Waals surface area contributed by atoms with E-state index < -0.39 is 5.91 Å². The summed E-state index contributed by atoms with van der Waals surface area (Å²) in [5.74, 6) is 0.492. The summed E-state index contributed by atoms with van der Waals surface area (Å²) in [6, 6.07) is 5.08. The monoisotopic (exact) mass is 256 g/mol. The minimum Gasteiger partial charge on any atom is -0.462 e. The highest BCUT2D eigenvalue weighted by Crippen LogP contribution is 2.24. The number of hydrogen-bond acceptors (Lipinski definition) is 5. The topological polar surface area (TPSA) is 115 Å². The number of primary amides is 1. The Morgan fingerprint density at radius 2 is 2.26 bits per heavy atom. The summed E-state index contributed by atoms with van der Waals surface area (Å²) < 4.78 is 5.60. The number of pyridine rings is 1. The van der Waals surface area contributed by atoms with E-state index >= 15 is 0 Å². The number of rotatable bonds is 3. The molecule has 2 rings (SSSR count). The quantitative estimate of drug-likeness (QED) is 0.826. The minimum absolute atomic E-state index is 0.263. The third-order valence-electron chi connectivity index (χ3n) is 2.65. The molecular weight excluding hydrogens is 244 g/mol. The zero-order valence-corrected chi connectivity index (χ0v) is 10.1. The van der Waals surface area contributed by atoms with Gasteiger partial charge in [-0.25, -0.2) is 4.98 Å². The molecule has 0 saturated carbocycles. The van der Waals surface area contributed by atoms with Gasteiger partial charge in [0.1, 0.15) is 23.3 Å². The summed E-state index contributed by atoms with van der Waals surface area (Å²) in [5, 5.41) is 8.75. The number of hydrogen-bond donors (Lipinski definition) is 2. The molecule has 0 bridgehead atoms. The summed E-state index contributed by atoms with van der Waals surface area (Å²) in [6.07, 6.45) is 4.11. The van der Waals surface area contributed by atoms with E-state index in [1.165, 1.54) is 18.3 Å². The molecule has 96 valence electrons. The smallest absolute Gasteiger partial charge is 0.250 e. The van der Waals surface area contributed by atoms with Crippen LogP contribution in [0.25, 0.3) is 0 Å². The number of allylic oxidation sites excluding steroid dienone is 2. The maximum atomic E-state index is 11.2. The van der Waals surface area contributed by atoms with E-state index in [9.17, 15) is 4.79 Å². The Morgan fingerprint density at radius 1 is 1.47 bits per heavy atom. The molecule has 0 radical (unpaired) electrons. The molecule has 19 heavy (non-hydrogen) atoms. The fraction of sp³-hybridized carbons (Fsp3) is 0.154. The molecule has 1 aliphatic carbocycles. The molecule has 0 unspecified atom stereocenters. The Morgan fingerprint density at radius 3 is 2.95 bits per heavy atom. The Labute approximate surface area is 110 Å². The Kier molecular flexibility index (Phi) is 3.48. The number of carbonyl (C=O) groups is 1. The van der Waals surface area contributed by atoms with Crippen LogP contribution in [0.2, 0.25) is 0 Å². The molecule has 6 nitrogen and oxygen atoms in total. The summed E-state index contributed by atoms with van der Waals surface area (Å²) in [4.78, 5) is 15.0. The Hall–Kier alpha value is -2.81. The van der Waals surface area contributed by atoms with Gasteiger partial charge >= 0.3 is 0 Å². The minimum atomic E-state index is -0.578. The molecule has 1 aliphatic rings. The molecule has 6 heteroatoms. The number of nitriles is 1. The second-order valence-electron chi connectivity index (χ2n) is 4.00. The van der Waals surface area contributed by atoms with Crippen LogP contribution in [0.15, 0.2) is 41.4 Å². The van der Waals surface area contributed by atoms with Crippen LogP contribution in [0.3, 0.4) is 0 Å². The third kappa shape index (κ3) is 2.90. The standard InChI is InChI=1S/C13H12N4O2/c14-7-8-5-10(3-4-17-8)19-9-1-2-12(15)11(6-9)13(16)18/h3-6H,1-2,15H2,(H2,16,18). The van der Waals surface area contributed by atoms with Crippen molar-refractivity contribution in [2.45, 2.75) is 12.8 Å². The molecule has 0 aromatic carbocycles. The average Bonchev–Trinajstić information content (AvgIpc) is 2.41. The first-order chi connectivity index (χ1) is 9.10. The molecule has 4 N–H and O–H groups in total. The second kappa shape index (κ2) is 5.23. The third-order valence-corrected chi connectivity index (χ3v) is 2.65. The van der Waals surface area contributed by atoms with Crippen LogP contribution >= 0.6 is 0 Å². The van der Waals surface area contributed by atoms with E-state index in [-0.39, 0.29) is 11.3 Å². The lowest BCUT2D eigenvalue weighted by atomic mass is 10.0. The van der Waals surface area contributed by atoms with Gasteiger partial charge in [0.25, 0.3) is 5.91 Å². The number of nitrogens with two attached hydrogens (primary N) is 2. The predicted octanol–water partition coefficient (Wildman–Crippen LogP) is 0.708. The Balaban J connectivity index is 2.22. The van der Waals surface area contributed by atoms with E-state index in [4.69, 9.17) is 21.5 Å². The summed E-state index contributed by atoms with van der Waals surface area (Å²) in [5.41, 5.74) is 11.9. The fourth-order valence-corrected chi connectivity index (χ4v) is 1.72. The lowest BCUT2D eigenvalue weighted by molar-refractivity contribution is -0.114. The van der Waals surface area contributed by atoms with Crippen molar-refractivity contribution in [3.05, 3.63) is 47.1 Å². The molecule has 1 heterocycles. The van der Waals surface area contributed by atoms with Crippen molar-refractivity contribution in [2.24, 2.45) is 11.5 Å². The number of nitrogens with zero attached hydrogens (tertiary/aromatic N) is 2. The van der Waals surface area contributed by atoms with Gasteiger partial charge in [-0.15, -0.1) is 0 Å². The number of aromatic nitrogens is 1. The molecule has 0 aliphatic heterocycles. The van der Waals surface area contributed by atoms with Crippen molar-refractivity contribution in [3.8, 4) is 11.8 Å². The van der Waals surface area contributed by atoms with Crippen molar-refractivity contribution in [1.29, 1.82) is 5.26 Å². The molecular formula is C13H12N4O2. The SMILES string of the molecule is N#Cc1cc(OC2=CC(C(N)=O)=C(N)CC2)ccn1. The number of amides is 1. The van der Waals surface area contributed by atoms with Crippen LogP contribution in [0, 0.1) is 11.3 Å². The van der Waals surface area contributed by atoms with Gasteiger partial charge < -0.3 is 16.2 Å². The van der Waals surface area contributed by atoms with Crippen molar-refractivity contribution >= 4 is 5.91 Å². The van der Waals surface area contributed by atoms with E-state index in [2.05, 4.69) is 4.98 Å². The summed E-state index contributed by atoms with van der Waals surface area (Å²) in [7, 11) is 0. The van der Waals surface area contributed by atoms with E-state index in [1.54, 1.807) is 6.07 Å². The molecule has 0 saturated heterocycles. The summed E-state index contributed by atoms with van der Waals surface area (Å²) >= 11 is 0. The maximum absolute atomic E-state index is 11.2. The van der Waals surface area contributed by atoms with Crippen molar-refractivity contribution in [1.82, 2.24) is 4.98 Å². The molecule has 1 amide bonds. The first-order valence-corrected chi connectivity index (χ1v) is 5.63. The molecule has 0 atom stereocenters. The van der Waals surface area contributed by atoms with E-state index in [0.717, 1.165) is 0 Å². The van der Waals surface area contributed by atoms with Crippen molar-refractivity contribution in [3.63, 3.8) is 0 Å². The van der Waals surface area contributed by atoms with Gasteiger partial charge in [0.05, 0.1) is 5.57 Å². The highest BCUT2D eigenvalue weighted by molar-refractivity contribution is 5.95. The van der Waals surface area contributed by atoms with Gasteiger partial charge in [-0.3, -0.25) is 4.79 Å². The second-order valence-corrected chi connectivity index (χ2v) is 4.00. The summed E-state index contributed by atoms with van der Waals surface area (Å²) in [6.45, 7) is 0. The predicted molar refractivity (Wildman–Crippen MR) is 67.3 cm³/mol. The largest absolute Gasteiger partial charge is 0.462 e. The highest BCUT2D eigenvalue weighted by Gasteiger charge is 2.16. The number of carbonyl (C=O) groups excluding carboxylic acids is 1. The van der Waals surface area contributed by atoms with Crippen LogP contribution in [0.5, 0.6) is 5.75 Å². The maximum Gasteiger partial charge on any atom is 0.250 e. The van der Waals surface area contributed by atoms with Gasteiger partial charge in [-0.2, -0.15) is 5.26 Å². The lowest BCUT2D eigenvalue weighted by Crippen LogP contribution is -2.21. The van der Waals surface area contributed by atoms with Crippen LogP contribution in [-0.4, -0.2) is 10.9 Å². The highest BCUT2D eigenvalue weighted by atomic mass is 16.5. The molecule has 1 aromatic heterocycles. The van der Waals surface area contributed by atoms with E-state index in [1.807, 2.05) is 6.07 Å².